The number of hydrogen-bond donors (Lipinski definition) is 0. The SMILES string of the molecule is CCC(=O)N1CCN(c2nc3ccc(OC)cc3cc2C#N)CC1. The summed E-state index contributed by atoms with van der Waals surface area (Å²) in [5, 5.41) is 10.4. The molecule has 2 heterocycles. The Kier molecular flexibility index (Phi) is 4.52. The molecule has 0 unspecified atom stereocenters. The molecule has 3 rings (SSSR count). The van der Waals surface area contributed by atoms with Crippen molar-refractivity contribution in [1.29, 1.82) is 5.26 Å². The first-order valence-electron chi connectivity index (χ1n) is 8.08. The number of anilines is 1. The van der Waals surface area contributed by atoms with Crippen LogP contribution in [0.3, 0.4) is 0 Å². The number of hydrogen-bond acceptors (Lipinski definition) is 5. The number of nitrogens with zero attached hydrogens (tertiary/aromatic N) is 4. The van der Waals surface area contributed by atoms with E-state index >= 15 is 0 Å². The Morgan fingerprint density at radius 2 is 2.04 bits per heavy atom. The van der Waals surface area contributed by atoms with Crippen LogP contribution in [0.4, 0.5) is 5.82 Å². The maximum Gasteiger partial charge on any atom is 0.222 e. The number of amides is 1. The summed E-state index contributed by atoms with van der Waals surface area (Å²) in [7, 11) is 1.62. The fraction of sp³-hybridized carbons (Fsp3) is 0.389. The van der Waals surface area contributed by atoms with Crippen LogP contribution in [0.2, 0.25) is 0 Å². The Bertz CT molecular complexity index is 805. The minimum atomic E-state index is 0.175. The van der Waals surface area contributed by atoms with E-state index in [0.717, 1.165) is 16.7 Å². The molecule has 1 aliphatic rings. The van der Waals surface area contributed by atoms with E-state index in [4.69, 9.17) is 4.74 Å². The van der Waals surface area contributed by atoms with Gasteiger partial charge in [0.15, 0.2) is 0 Å². The summed E-state index contributed by atoms with van der Waals surface area (Å²) in [6.45, 7) is 4.59. The summed E-state index contributed by atoms with van der Waals surface area (Å²) in [5.41, 5.74) is 1.38. The highest BCUT2D eigenvalue weighted by Gasteiger charge is 2.23. The van der Waals surface area contributed by atoms with Crippen LogP contribution in [0, 0.1) is 11.3 Å². The lowest BCUT2D eigenvalue weighted by Gasteiger charge is -2.35. The Hall–Kier alpha value is -2.81. The van der Waals surface area contributed by atoms with Gasteiger partial charge in [-0.15, -0.1) is 0 Å². The fourth-order valence-electron chi connectivity index (χ4n) is 2.99. The number of aromatic nitrogens is 1. The molecule has 0 atom stereocenters. The monoisotopic (exact) mass is 324 g/mol. The van der Waals surface area contributed by atoms with Crippen LogP contribution in [0.15, 0.2) is 24.3 Å². The van der Waals surface area contributed by atoms with Gasteiger partial charge in [0.25, 0.3) is 0 Å². The maximum atomic E-state index is 11.8. The molecule has 124 valence electrons. The number of benzene rings is 1. The van der Waals surface area contributed by atoms with Crippen LogP contribution in [-0.4, -0.2) is 49.1 Å². The van der Waals surface area contributed by atoms with E-state index in [1.54, 1.807) is 7.11 Å². The van der Waals surface area contributed by atoms with Crippen LogP contribution in [-0.2, 0) is 4.79 Å². The minimum Gasteiger partial charge on any atom is -0.497 e. The van der Waals surface area contributed by atoms with Crippen molar-refractivity contribution < 1.29 is 9.53 Å². The van der Waals surface area contributed by atoms with Crippen molar-refractivity contribution in [3.63, 3.8) is 0 Å². The van der Waals surface area contributed by atoms with Gasteiger partial charge in [0, 0.05) is 38.0 Å². The number of nitriles is 1. The van der Waals surface area contributed by atoms with Crippen LogP contribution in [0.5, 0.6) is 5.75 Å². The van der Waals surface area contributed by atoms with Crippen LogP contribution in [0.1, 0.15) is 18.9 Å². The van der Waals surface area contributed by atoms with Crippen molar-refractivity contribution in [1.82, 2.24) is 9.88 Å². The molecule has 0 saturated carbocycles. The Balaban J connectivity index is 1.89. The van der Waals surface area contributed by atoms with E-state index in [2.05, 4.69) is 16.0 Å². The number of carbonyl (C=O) groups excluding carboxylic acids is 1. The summed E-state index contributed by atoms with van der Waals surface area (Å²) in [4.78, 5) is 20.4. The molecule has 0 aliphatic carbocycles. The molecule has 6 heteroatoms. The van der Waals surface area contributed by atoms with E-state index < -0.39 is 0 Å². The lowest BCUT2D eigenvalue weighted by atomic mass is 10.1. The first-order chi connectivity index (χ1) is 11.7. The summed E-state index contributed by atoms with van der Waals surface area (Å²) < 4.78 is 5.23. The van der Waals surface area contributed by atoms with Gasteiger partial charge < -0.3 is 14.5 Å². The third-order valence-corrected chi connectivity index (χ3v) is 4.36. The standard InChI is InChI=1S/C18H20N4O2/c1-3-17(23)21-6-8-22(9-7-21)18-14(12-19)10-13-11-15(24-2)4-5-16(13)20-18/h4-5,10-11H,3,6-9H2,1-2H3. The molecule has 1 aromatic heterocycles. The van der Waals surface area contributed by atoms with Gasteiger partial charge in [0.2, 0.25) is 5.91 Å². The second-order valence-corrected chi connectivity index (χ2v) is 5.75. The summed E-state index contributed by atoms with van der Waals surface area (Å²) >= 11 is 0. The molecule has 1 amide bonds. The van der Waals surface area contributed by atoms with Gasteiger partial charge in [0.1, 0.15) is 17.6 Å². The summed E-state index contributed by atoms with van der Waals surface area (Å²) in [6, 6.07) is 9.74. The zero-order chi connectivity index (χ0) is 17.1. The Labute approximate surface area is 141 Å². The number of pyridine rings is 1. The van der Waals surface area contributed by atoms with E-state index in [9.17, 15) is 10.1 Å². The van der Waals surface area contributed by atoms with Crippen molar-refractivity contribution >= 4 is 22.6 Å². The summed E-state index contributed by atoms with van der Waals surface area (Å²) in [6.07, 6.45) is 0.527. The first kappa shape index (κ1) is 16.1. The highest BCUT2D eigenvalue weighted by molar-refractivity contribution is 5.84. The molecule has 24 heavy (non-hydrogen) atoms. The quantitative estimate of drug-likeness (QED) is 0.865. The molecular weight excluding hydrogens is 304 g/mol. The minimum absolute atomic E-state index is 0.175. The number of carbonyl (C=O) groups is 1. The zero-order valence-corrected chi connectivity index (χ0v) is 14.0. The molecule has 1 aliphatic heterocycles. The van der Waals surface area contributed by atoms with E-state index in [1.165, 1.54) is 0 Å². The summed E-state index contributed by atoms with van der Waals surface area (Å²) in [5.74, 6) is 1.61. The molecule has 2 aromatic rings. The van der Waals surface area contributed by atoms with E-state index in [1.807, 2.05) is 36.1 Å². The van der Waals surface area contributed by atoms with Crippen LogP contribution < -0.4 is 9.64 Å². The van der Waals surface area contributed by atoms with Gasteiger partial charge in [0.05, 0.1) is 18.2 Å². The largest absolute Gasteiger partial charge is 0.497 e. The zero-order valence-electron chi connectivity index (χ0n) is 14.0. The van der Waals surface area contributed by atoms with Gasteiger partial charge in [-0.3, -0.25) is 4.79 Å². The van der Waals surface area contributed by atoms with Crippen molar-refractivity contribution in [3.05, 3.63) is 29.8 Å². The average Bonchev–Trinajstić information content (AvgIpc) is 2.65. The number of methoxy groups -OCH3 is 1. The number of piperazine rings is 1. The number of ether oxygens (including phenoxy) is 1. The van der Waals surface area contributed by atoms with E-state index in [0.29, 0.717) is 44.0 Å². The van der Waals surface area contributed by atoms with Crippen molar-refractivity contribution in [2.24, 2.45) is 0 Å². The third-order valence-electron chi connectivity index (χ3n) is 4.36. The van der Waals surface area contributed by atoms with Crippen LogP contribution in [0.25, 0.3) is 10.9 Å². The van der Waals surface area contributed by atoms with Gasteiger partial charge in [-0.2, -0.15) is 5.26 Å². The van der Waals surface area contributed by atoms with Gasteiger partial charge in [-0.25, -0.2) is 4.98 Å². The highest BCUT2D eigenvalue weighted by Crippen LogP contribution is 2.26. The smallest absolute Gasteiger partial charge is 0.222 e. The van der Waals surface area contributed by atoms with Crippen molar-refractivity contribution in [3.8, 4) is 11.8 Å². The Morgan fingerprint density at radius 1 is 1.29 bits per heavy atom. The van der Waals surface area contributed by atoms with Gasteiger partial charge in [-0.1, -0.05) is 6.92 Å². The topological polar surface area (TPSA) is 69.5 Å². The Morgan fingerprint density at radius 3 is 2.67 bits per heavy atom. The molecule has 6 nitrogen and oxygen atoms in total. The lowest BCUT2D eigenvalue weighted by molar-refractivity contribution is -0.131. The number of fused-ring (bicyclic) bond motifs is 1. The maximum absolute atomic E-state index is 11.8. The fourth-order valence-corrected chi connectivity index (χ4v) is 2.99. The second-order valence-electron chi connectivity index (χ2n) is 5.75. The molecule has 0 bridgehead atoms. The predicted molar refractivity (Wildman–Crippen MR) is 92.1 cm³/mol. The van der Waals surface area contributed by atoms with Crippen LogP contribution >= 0.6 is 0 Å². The normalized spacial score (nSPS) is 14.5. The predicted octanol–water partition coefficient (Wildman–Crippen LogP) is 2.17. The lowest BCUT2D eigenvalue weighted by Crippen LogP contribution is -2.49. The molecule has 1 fully saturated rings. The number of rotatable bonds is 3. The first-order valence-corrected chi connectivity index (χ1v) is 8.08. The molecular formula is C18H20N4O2. The molecule has 0 N–H and O–H groups in total. The second kappa shape index (κ2) is 6.75. The molecule has 0 radical (unpaired) electrons. The molecule has 1 aromatic carbocycles. The average molecular weight is 324 g/mol. The highest BCUT2D eigenvalue weighted by atomic mass is 16.5. The van der Waals surface area contributed by atoms with E-state index in [-0.39, 0.29) is 5.91 Å². The molecule has 1 saturated heterocycles. The van der Waals surface area contributed by atoms with Crippen molar-refractivity contribution in [2.45, 2.75) is 13.3 Å². The molecule has 0 spiro atoms. The van der Waals surface area contributed by atoms with Gasteiger partial charge in [-0.05, 0) is 24.3 Å². The van der Waals surface area contributed by atoms with Crippen molar-refractivity contribution in [2.75, 3.05) is 38.2 Å². The third kappa shape index (κ3) is 2.98. The van der Waals surface area contributed by atoms with Gasteiger partial charge >= 0.3 is 0 Å².